The zero-order valence-electron chi connectivity index (χ0n) is 17.8. The lowest BCUT2D eigenvalue weighted by Crippen LogP contribution is -2.18. The van der Waals surface area contributed by atoms with Gasteiger partial charge in [-0.1, -0.05) is 0 Å². The summed E-state index contributed by atoms with van der Waals surface area (Å²) in [4.78, 5) is 31.5. The third kappa shape index (κ3) is 4.19. The van der Waals surface area contributed by atoms with Gasteiger partial charge in [0.05, 0.1) is 18.5 Å². The fourth-order valence-electron chi connectivity index (χ4n) is 4.07. The number of likely N-dealkylation sites (tertiary alicyclic amines) is 1. The molecule has 34 heavy (non-hydrogen) atoms. The number of aromatic nitrogens is 1. The van der Waals surface area contributed by atoms with E-state index in [1.165, 1.54) is 12.3 Å². The van der Waals surface area contributed by atoms with E-state index in [2.05, 4.69) is 15.2 Å². The number of furan rings is 2. The van der Waals surface area contributed by atoms with Crippen LogP contribution in [0.25, 0.3) is 21.5 Å². The van der Waals surface area contributed by atoms with Gasteiger partial charge in [-0.3, -0.25) is 14.5 Å². The number of nitrogens with zero attached hydrogens (tertiary/aromatic N) is 2. The molecule has 8 nitrogen and oxygen atoms in total. The first-order valence-electron chi connectivity index (χ1n) is 10.6. The molecule has 0 radical (unpaired) electrons. The van der Waals surface area contributed by atoms with Crippen LogP contribution >= 0.6 is 11.3 Å². The van der Waals surface area contributed by atoms with E-state index in [1.54, 1.807) is 24.3 Å². The van der Waals surface area contributed by atoms with Crippen molar-refractivity contribution in [1.82, 2.24) is 9.88 Å². The van der Waals surface area contributed by atoms with Gasteiger partial charge in [-0.2, -0.15) is 0 Å². The van der Waals surface area contributed by atoms with Crippen LogP contribution in [0, 0.1) is 0 Å². The first kappa shape index (κ1) is 22.2. The summed E-state index contributed by atoms with van der Waals surface area (Å²) in [6, 6.07) is 7.67. The van der Waals surface area contributed by atoms with E-state index in [0.29, 0.717) is 12.3 Å². The van der Waals surface area contributed by atoms with Gasteiger partial charge >= 0.3 is 0 Å². The maximum absolute atomic E-state index is 13.5. The number of hydrogen-bond acceptors (Lipinski definition) is 7. The van der Waals surface area contributed by atoms with Gasteiger partial charge in [0, 0.05) is 10.9 Å². The Morgan fingerprint density at radius 2 is 2.03 bits per heavy atom. The molecule has 0 unspecified atom stereocenters. The maximum Gasteiger partial charge on any atom is 0.291 e. The van der Waals surface area contributed by atoms with Gasteiger partial charge in [-0.05, 0) is 56.3 Å². The van der Waals surface area contributed by atoms with Crippen molar-refractivity contribution in [3.05, 3.63) is 58.7 Å². The van der Waals surface area contributed by atoms with E-state index in [0.717, 1.165) is 37.3 Å². The van der Waals surface area contributed by atoms with E-state index in [1.807, 2.05) is 0 Å². The molecule has 2 amide bonds. The minimum absolute atomic E-state index is 0.0149. The summed E-state index contributed by atoms with van der Waals surface area (Å²) in [5.74, 6) is -0.434. The maximum atomic E-state index is 13.5. The molecule has 0 spiro atoms. The number of anilines is 1. The molecule has 1 aliphatic heterocycles. The molecule has 1 fully saturated rings. The lowest BCUT2D eigenvalue weighted by atomic mass is 10.1. The Morgan fingerprint density at radius 3 is 2.71 bits per heavy atom. The number of alkyl halides is 2. The summed E-state index contributed by atoms with van der Waals surface area (Å²) in [5, 5.41) is 2.97. The lowest BCUT2D eigenvalue weighted by Gasteiger charge is -2.11. The standard InChI is InChI=1S/C23H20F2N4O4S/c24-20(25)14-10-13(15-4-3-9-32-15)17-18(19(21(26)30)34-23(17)27-14)28-22(31)16-6-5-12(33-16)11-29-7-1-2-8-29/h3-6,9-10,20H,1-2,7-8,11H2,(H2,26,30)(H,28,31). The highest BCUT2D eigenvalue weighted by Gasteiger charge is 2.26. The summed E-state index contributed by atoms with van der Waals surface area (Å²) >= 11 is 0.826. The van der Waals surface area contributed by atoms with Gasteiger partial charge in [-0.15, -0.1) is 11.3 Å². The van der Waals surface area contributed by atoms with Gasteiger partial charge in [0.25, 0.3) is 18.2 Å². The number of nitrogens with one attached hydrogen (secondary N) is 1. The fraction of sp³-hybridized carbons (Fsp3) is 0.261. The first-order chi connectivity index (χ1) is 16.4. The number of carbonyl (C=O) groups is 2. The van der Waals surface area contributed by atoms with E-state index in [9.17, 15) is 18.4 Å². The van der Waals surface area contributed by atoms with Crippen molar-refractivity contribution in [2.24, 2.45) is 5.73 Å². The van der Waals surface area contributed by atoms with Gasteiger partial charge in [0.1, 0.15) is 26.9 Å². The zero-order chi connectivity index (χ0) is 23.8. The number of rotatable bonds is 7. The quantitative estimate of drug-likeness (QED) is 0.379. The molecule has 4 aromatic heterocycles. The Kier molecular flexibility index (Phi) is 5.88. The molecule has 0 bridgehead atoms. The molecular weight excluding hydrogens is 466 g/mol. The number of hydrogen-bond donors (Lipinski definition) is 2. The Labute approximate surface area is 196 Å². The second-order valence-electron chi connectivity index (χ2n) is 7.93. The monoisotopic (exact) mass is 486 g/mol. The van der Waals surface area contributed by atoms with Crippen LogP contribution in [-0.2, 0) is 6.54 Å². The predicted molar refractivity (Wildman–Crippen MR) is 122 cm³/mol. The average Bonchev–Trinajstić information content (AvgIpc) is 3.60. The molecule has 11 heteroatoms. The summed E-state index contributed by atoms with van der Waals surface area (Å²) in [6.45, 7) is 2.56. The van der Waals surface area contributed by atoms with Crippen molar-refractivity contribution in [2.45, 2.75) is 25.8 Å². The summed E-state index contributed by atoms with van der Waals surface area (Å²) in [6.07, 6.45) is 0.823. The summed E-state index contributed by atoms with van der Waals surface area (Å²) in [7, 11) is 0. The van der Waals surface area contributed by atoms with Crippen LogP contribution in [0.2, 0.25) is 0 Å². The van der Waals surface area contributed by atoms with Gasteiger partial charge in [0.2, 0.25) is 0 Å². The number of pyridine rings is 1. The van der Waals surface area contributed by atoms with Crippen LogP contribution < -0.4 is 11.1 Å². The van der Waals surface area contributed by atoms with E-state index in [4.69, 9.17) is 14.6 Å². The second kappa shape index (κ2) is 8.99. The van der Waals surface area contributed by atoms with Crippen molar-refractivity contribution < 1.29 is 27.2 Å². The minimum atomic E-state index is -2.84. The van der Waals surface area contributed by atoms with E-state index in [-0.39, 0.29) is 37.9 Å². The van der Waals surface area contributed by atoms with E-state index >= 15 is 0 Å². The third-order valence-electron chi connectivity index (χ3n) is 5.62. The lowest BCUT2D eigenvalue weighted by molar-refractivity contribution is 0.0993. The molecule has 5 heterocycles. The smallest absolute Gasteiger partial charge is 0.291 e. The average molecular weight is 487 g/mol. The number of carbonyl (C=O) groups excluding carboxylic acids is 2. The van der Waals surface area contributed by atoms with Crippen molar-refractivity contribution in [1.29, 1.82) is 0 Å². The fourth-order valence-corrected chi connectivity index (χ4v) is 5.08. The van der Waals surface area contributed by atoms with Crippen LogP contribution in [0.15, 0.2) is 45.4 Å². The molecule has 1 aliphatic rings. The predicted octanol–water partition coefficient (Wildman–Crippen LogP) is 5.03. The number of nitrogens with two attached hydrogens (primary N) is 1. The number of fused-ring (bicyclic) bond motifs is 1. The van der Waals surface area contributed by atoms with Crippen molar-refractivity contribution in [2.75, 3.05) is 18.4 Å². The molecule has 0 aromatic carbocycles. The molecule has 0 saturated carbocycles. The van der Waals surface area contributed by atoms with Crippen molar-refractivity contribution in [3.8, 4) is 11.3 Å². The molecule has 3 N–H and O–H groups in total. The molecule has 0 aliphatic carbocycles. The molecule has 0 atom stereocenters. The minimum Gasteiger partial charge on any atom is -0.464 e. The Hall–Kier alpha value is -3.57. The van der Waals surface area contributed by atoms with Gasteiger partial charge in [-0.25, -0.2) is 13.8 Å². The zero-order valence-corrected chi connectivity index (χ0v) is 18.7. The van der Waals surface area contributed by atoms with Crippen molar-refractivity contribution >= 4 is 39.1 Å². The summed E-state index contributed by atoms with van der Waals surface area (Å²) in [5.41, 5.74) is 5.41. The van der Waals surface area contributed by atoms with Gasteiger partial charge in [0.15, 0.2) is 5.76 Å². The van der Waals surface area contributed by atoms with Crippen LogP contribution in [0.3, 0.4) is 0 Å². The summed E-state index contributed by atoms with van der Waals surface area (Å²) < 4.78 is 38.1. The van der Waals surface area contributed by atoms with Crippen molar-refractivity contribution in [3.63, 3.8) is 0 Å². The Morgan fingerprint density at radius 1 is 1.24 bits per heavy atom. The number of primary amides is 1. The SMILES string of the molecule is NC(=O)c1sc2nc(C(F)F)cc(-c3ccco3)c2c1NC(=O)c1ccc(CN2CCCC2)o1. The molecule has 5 rings (SSSR count). The normalized spacial score (nSPS) is 14.3. The molecule has 176 valence electrons. The Bertz CT molecular complexity index is 1360. The first-order valence-corrected chi connectivity index (χ1v) is 11.4. The highest BCUT2D eigenvalue weighted by atomic mass is 32.1. The molecule has 1 saturated heterocycles. The van der Waals surface area contributed by atoms with Crippen LogP contribution in [-0.4, -0.2) is 34.8 Å². The van der Waals surface area contributed by atoms with Crippen LogP contribution in [0.4, 0.5) is 14.5 Å². The molecular formula is C23H20F2N4O4S. The third-order valence-corrected chi connectivity index (χ3v) is 6.72. The number of halogens is 2. The largest absolute Gasteiger partial charge is 0.464 e. The Balaban J connectivity index is 1.54. The second-order valence-corrected chi connectivity index (χ2v) is 8.93. The van der Waals surface area contributed by atoms with Crippen LogP contribution in [0.1, 0.15) is 50.9 Å². The van der Waals surface area contributed by atoms with Gasteiger partial charge < -0.3 is 19.9 Å². The topological polar surface area (TPSA) is 115 Å². The van der Waals surface area contributed by atoms with Crippen LogP contribution in [0.5, 0.6) is 0 Å². The van der Waals surface area contributed by atoms with E-state index < -0.39 is 23.9 Å². The number of thiophene rings is 1. The highest BCUT2D eigenvalue weighted by Crippen LogP contribution is 2.42. The molecule has 4 aromatic rings. The number of amides is 2. The highest BCUT2D eigenvalue weighted by molar-refractivity contribution is 7.21.